The zero-order chi connectivity index (χ0) is 27.1. The van der Waals surface area contributed by atoms with Crippen LogP contribution in [-0.4, -0.2) is 50.3 Å². The number of aryl methyl sites for hydroxylation is 1. The Kier molecular flexibility index (Phi) is 8.81. The lowest BCUT2D eigenvalue weighted by atomic mass is 10.0. The zero-order valence-electron chi connectivity index (χ0n) is 21.6. The highest BCUT2D eigenvalue weighted by Crippen LogP contribution is 2.27. The van der Waals surface area contributed by atoms with Crippen molar-refractivity contribution in [3.63, 3.8) is 0 Å². The molecule has 2 atom stereocenters. The lowest BCUT2D eigenvalue weighted by molar-refractivity contribution is -0.145. The normalized spacial score (nSPS) is 16.5. The lowest BCUT2D eigenvalue weighted by Gasteiger charge is -2.25. The van der Waals surface area contributed by atoms with E-state index in [1.54, 1.807) is 24.3 Å². The van der Waals surface area contributed by atoms with Gasteiger partial charge in [0.15, 0.2) is 0 Å². The van der Waals surface area contributed by atoms with Crippen molar-refractivity contribution in [1.29, 1.82) is 0 Å². The van der Waals surface area contributed by atoms with Crippen molar-refractivity contribution < 1.29 is 22.7 Å². The highest BCUT2D eigenvalue weighted by molar-refractivity contribution is 7.89. The third-order valence-corrected chi connectivity index (χ3v) is 8.59. The Balaban J connectivity index is 1.42. The van der Waals surface area contributed by atoms with Crippen molar-refractivity contribution in [1.82, 2.24) is 9.62 Å². The molecule has 2 N–H and O–H groups in total. The minimum Gasteiger partial charge on any atom is -0.467 e. The number of hydrogen-bond acceptors (Lipinski definition) is 6. The van der Waals surface area contributed by atoms with E-state index < -0.39 is 34.0 Å². The van der Waals surface area contributed by atoms with E-state index in [0.717, 1.165) is 22.4 Å². The number of amides is 1. The fraction of sp³-hybridized carbons (Fsp3) is 0.310. The zero-order valence-corrected chi connectivity index (χ0v) is 22.4. The number of rotatable bonds is 10. The van der Waals surface area contributed by atoms with E-state index in [1.165, 1.54) is 11.4 Å². The quantitative estimate of drug-likeness (QED) is 0.384. The number of carbonyl (C=O) groups is 2. The van der Waals surface area contributed by atoms with E-state index in [9.17, 15) is 18.0 Å². The van der Waals surface area contributed by atoms with Crippen LogP contribution in [0.1, 0.15) is 29.5 Å². The van der Waals surface area contributed by atoms with Crippen LogP contribution in [0.3, 0.4) is 0 Å². The number of benzene rings is 3. The second-order valence-electron chi connectivity index (χ2n) is 9.41. The summed E-state index contributed by atoms with van der Waals surface area (Å²) < 4.78 is 32.7. The molecule has 3 aromatic carbocycles. The van der Waals surface area contributed by atoms with Gasteiger partial charge in [-0.05, 0) is 55.2 Å². The molecule has 4 rings (SSSR count). The van der Waals surface area contributed by atoms with Crippen LogP contribution in [0.2, 0.25) is 0 Å². The summed E-state index contributed by atoms with van der Waals surface area (Å²) in [4.78, 5) is 25.9. The molecule has 1 aliphatic heterocycles. The summed E-state index contributed by atoms with van der Waals surface area (Å²) in [6, 6.07) is 22.4. The van der Waals surface area contributed by atoms with Gasteiger partial charge in [0.25, 0.3) is 0 Å². The van der Waals surface area contributed by atoms with Crippen LogP contribution in [-0.2, 0) is 37.3 Å². The van der Waals surface area contributed by atoms with E-state index in [2.05, 4.69) is 10.6 Å². The molecule has 9 heteroatoms. The van der Waals surface area contributed by atoms with Crippen LogP contribution in [0.5, 0.6) is 0 Å². The van der Waals surface area contributed by atoms with Crippen LogP contribution >= 0.6 is 0 Å². The molecule has 0 saturated carbocycles. The standard InChI is InChI=1S/C29H33N3O5S/c1-21-10-16-25(17-11-21)38(35,36)32-18-6-9-27(32)28(33)31-26(29(34)37-2)19-22-12-14-24(15-13-22)30-20-23-7-4-3-5-8-23/h3-5,7-8,10-17,26-27,30H,6,9,18-20H2,1-2H3,(H,31,33)/t26-,27-/m0/s1. The van der Waals surface area contributed by atoms with Gasteiger partial charge in [0, 0.05) is 25.2 Å². The molecular formula is C29H33N3O5S. The topological polar surface area (TPSA) is 105 Å². The molecule has 0 radical (unpaired) electrons. The number of carbonyl (C=O) groups excluding carboxylic acids is 2. The third-order valence-electron chi connectivity index (χ3n) is 6.67. The Morgan fingerprint density at radius 1 is 0.974 bits per heavy atom. The second kappa shape index (κ2) is 12.2. The van der Waals surface area contributed by atoms with Gasteiger partial charge in [-0.25, -0.2) is 13.2 Å². The van der Waals surface area contributed by atoms with Crippen molar-refractivity contribution in [3.05, 3.63) is 95.6 Å². The van der Waals surface area contributed by atoms with Gasteiger partial charge in [0.05, 0.1) is 12.0 Å². The van der Waals surface area contributed by atoms with Gasteiger partial charge in [-0.15, -0.1) is 0 Å². The third kappa shape index (κ3) is 6.59. The van der Waals surface area contributed by atoms with Crippen molar-refractivity contribution in [2.24, 2.45) is 0 Å². The SMILES string of the molecule is COC(=O)[C@H](Cc1ccc(NCc2ccccc2)cc1)NC(=O)[C@@H]1CCCN1S(=O)(=O)c1ccc(C)cc1. The van der Waals surface area contributed by atoms with Gasteiger partial charge in [0.1, 0.15) is 12.1 Å². The molecule has 1 fully saturated rings. The number of hydrogen-bond donors (Lipinski definition) is 2. The average molecular weight is 536 g/mol. The minimum absolute atomic E-state index is 0.147. The summed E-state index contributed by atoms with van der Waals surface area (Å²) >= 11 is 0. The Hall–Kier alpha value is -3.69. The van der Waals surface area contributed by atoms with E-state index in [0.29, 0.717) is 19.4 Å². The first-order chi connectivity index (χ1) is 18.3. The number of anilines is 1. The number of nitrogens with zero attached hydrogens (tertiary/aromatic N) is 1. The van der Waals surface area contributed by atoms with Gasteiger partial charge in [-0.1, -0.05) is 60.2 Å². The molecular weight excluding hydrogens is 502 g/mol. The minimum atomic E-state index is -3.85. The van der Waals surface area contributed by atoms with Gasteiger partial charge in [-0.3, -0.25) is 4.79 Å². The fourth-order valence-corrected chi connectivity index (χ4v) is 6.19. The van der Waals surface area contributed by atoms with Gasteiger partial charge in [-0.2, -0.15) is 4.31 Å². The summed E-state index contributed by atoms with van der Waals surface area (Å²) in [6.07, 6.45) is 1.16. The lowest BCUT2D eigenvalue weighted by Crippen LogP contribution is -2.51. The number of ether oxygens (including phenoxy) is 1. The molecule has 0 aromatic heterocycles. The number of sulfonamides is 1. The maximum absolute atomic E-state index is 13.3. The molecule has 1 amide bonds. The van der Waals surface area contributed by atoms with Crippen LogP contribution in [0.15, 0.2) is 83.8 Å². The van der Waals surface area contributed by atoms with Crippen LogP contribution in [0.25, 0.3) is 0 Å². The van der Waals surface area contributed by atoms with Gasteiger partial charge < -0.3 is 15.4 Å². The Morgan fingerprint density at radius 2 is 1.66 bits per heavy atom. The number of esters is 1. The molecule has 200 valence electrons. The van der Waals surface area contributed by atoms with E-state index in [-0.39, 0.29) is 17.9 Å². The molecule has 3 aromatic rings. The van der Waals surface area contributed by atoms with Crippen molar-refractivity contribution in [2.45, 2.75) is 49.7 Å². The summed E-state index contributed by atoms with van der Waals surface area (Å²) in [5.41, 5.74) is 3.87. The van der Waals surface area contributed by atoms with Crippen molar-refractivity contribution in [2.75, 3.05) is 19.0 Å². The highest BCUT2D eigenvalue weighted by Gasteiger charge is 2.40. The predicted molar refractivity (Wildman–Crippen MR) is 146 cm³/mol. The first kappa shape index (κ1) is 27.3. The smallest absolute Gasteiger partial charge is 0.328 e. The van der Waals surface area contributed by atoms with Crippen molar-refractivity contribution >= 4 is 27.6 Å². The Morgan fingerprint density at radius 3 is 2.32 bits per heavy atom. The van der Waals surface area contributed by atoms with Gasteiger partial charge in [0.2, 0.25) is 15.9 Å². The molecule has 1 saturated heterocycles. The van der Waals surface area contributed by atoms with Crippen LogP contribution in [0, 0.1) is 6.92 Å². The molecule has 1 heterocycles. The Labute approximate surface area is 224 Å². The molecule has 8 nitrogen and oxygen atoms in total. The maximum Gasteiger partial charge on any atom is 0.328 e. The van der Waals surface area contributed by atoms with E-state index in [1.807, 2.05) is 61.5 Å². The second-order valence-corrected chi connectivity index (χ2v) is 11.3. The Bertz CT molecular complexity index is 1340. The molecule has 0 spiro atoms. The number of nitrogens with one attached hydrogen (secondary N) is 2. The molecule has 0 unspecified atom stereocenters. The molecule has 38 heavy (non-hydrogen) atoms. The van der Waals surface area contributed by atoms with E-state index >= 15 is 0 Å². The fourth-order valence-electron chi connectivity index (χ4n) is 4.53. The summed E-state index contributed by atoms with van der Waals surface area (Å²) in [5.74, 6) is -1.09. The van der Waals surface area contributed by atoms with E-state index in [4.69, 9.17) is 4.74 Å². The first-order valence-corrected chi connectivity index (χ1v) is 14.1. The van der Waals surface area contributed by atoms with Crippen LogP contribution in [0.4, 0.5) is 5.69 Å². The van der Waals surface area contributed by atoms with Gasteiger partial charge >= 0.3 is 5.97 Å². The molecule has 0 bridgehead atoms. The molecule has 1 aliphatic rings. The maximum atomic E-state index is 13.3. The summed E-state index contributed by atoms with van der Waals surface area (Å²) in [7, 11) is -2.59. The average Bonchev–Trinajstić information content (AvgIpc) is 3.44. The molecule has 0 aliphatic carbocycles. The highest BCUT2D eigenvalue weighted by atomic mass is 32.2. The van der Waals surface area contributed by atoms with Crippen LogP contribution < -0.4 is 10.6 Å². The first-order valence-electron chi connectivity index (χ1n) is 12.6. The predicted octanol–water partition coefficient (Wildman–Crippen LogP) is 3.66. The summed E-state index contributed by atoms with van der Waals surface area (Å²) in [5, 5.41) is 6.10. The monoisotopic (exact) mass is 535 g/mol. The summed E-state index contributed by atoms with van der Waals surface area (Å²) in [6.45, 7) is 2.81. The van der Waals surface area contributed by atoms with Crippen molar-refractivity contribution in [3.8, 4) is 0 Å². The largest absolute Gasteiger partial charge is 0.467 e. The number of methoxy groups -OCH3 is 1.